The van der Waals surface area contributed by atoms with Crippen LogP contribution in [0.5, 0.6) is 0 Å². The molecule has 0 radical (unpaired) electrons. The Morgan fingerprint density at radius 1 is 0.818 bits per heavy atom. The molecule has 0 aliphatic carbocycles. The lowest BCUT2D eigenvalue weighted by Crippen LogP contribution is -2.11. The van der Waals surface area contributed by atoms with Gasteiger partial charge in [-0.15, -0.1) is 0 Å². The van der Waals surface area contributed by atoms with Gasteiger partial charge < -0.3 is 5.32 Å². The maximum absolute atomic E-state index is 12.3. The summed E-state index contributed by atoms with van der Waals surface area (Å²) in [6.07, 6.45) is 4.87. The first kappa shape index (κ1) is 25.7. The molecule has 0 bridgehead atoms. The fraction of sp³-hybridized carbons (Fsp3) is 0.321. The summed E-state index contributed by atoms with van der Waals surface area (Å²) in [4.78, 5) is 12.3. The Hall–Kier alpha value is -1.88. The van der Waals surface area contributed by atoms with Gasteiger partial charge in [-0.3, -0.25) is 4.79 Å². The molecule has 0 aliphatic rings. The number of anilines is 1. The molecule has 174 valence electrons. The van der Waals surface area contributed by atoms with Gasteiger partial charge in [0.05, 0.1) is 0 Å². The van der Waals surface area contributed by atoms with Gasteiger partial charge in [0.1, 0.15) is 0 Å². The van der Waals surface area contributed by atoms with Crippen molar-refractivity contribution in [2.75, 3.05) is 11.1 Å². The summed E-state index contributed by atoms with van der Waals surface area (Å²) in [7, 11) is 0. The van der Waals surface area contributed by atoms with E-state index in [9.17, 15) is 4.79 Å². The SMILES string of the molecule is O=C(CCCCC(CCSCc1ccccc1)SCc1ccccc1)Nc1cccc(Cl)c1. The minimum Gasteiger partial charge on any atom is -0.326 e. The van der Waals surface area contributed by atoms with Crippen molar-refractivity contribution in [2.45, 2.75) is 48.9 Å². The largest absolute Gasteiger partial charge is 0.326 e. The van der Waals surface area contributed by atoms with Crippen LogP contribution in [0.1, 0.15) is 43.2 Å². The van der Waals surface area contributed by atoms with E-state index in [1.54, 1.807) is 6.07 Å². The van der Waals surface area contributed by atoms with Crippen molar-refractivity contribution in [3.05, 3.63) is 101 Å². The normalized spacial score (nSPS) is 11.8. The Kier molecular flexibility index (Phi) is 11.8. The predicted octanol–water partition coefficient (Wildman–Crippen LogP) is 8.46. The summed E-state index contributed by atoms with van der Waals surface area (Å²) in [6.45, 7) is 0. The van der Waals surface area contributed by atoms with Gasteiger partial charge in [-0.25, -0.2) is 0 Å². The lowest BCUT2D eigenvalue weighted by atomic mass is 10.1. The molecule has 0 spiro atoms. The van der Waals surface area contributed by atoms with Gasteiger partial charge in [-0.2, -0.15) is 23.5 Å². The third-order valence-corrected chi connectivity index (χ3v) is 8.05. The number of benzene rings is 3. The van der Waals surface area contributed by atoms with Gasteiger partial charge in [0.2, 0.25) is 5.91 Å². The van der Waals surface area contributed by atoms with Gasteiger partial charge in [0, 0.05) is 33.9 Å². The number of carbonyl (C=O) groups is 1. The second-order valence-electron chi connectivity index (χ2n) is 8.05. The Morgan fingerprint density at radius 3 is 2.21 bits per heavy atom. The van der Waals surface area contributed by atoms with Crippen LogP contribution in [-0.2, 0) is 16.3 Å². The van der Waals surface area contributed by atoms with Crippen molar-refractivity contribution in [3.63, 3.8) is 0 Å². The Morgan fingerprint density at radius 2 is 1.52 bits per heavy atom. The first-order valence-electron chi connectivity index (χ1n) is 11.5. The molecule has 33 heavy (non-hydrogen) atoms. The highest BCUT2D eigenvalue weighted by Crippen LogP contribution is 2.27. The van der Waals surface area contributed by atoms with Crippen molar-refractivity contribution >= 4 is 46.7 Å². The molecule has 3 rings (SSSR count). The van der Waals surface area contributed by atoms with E-state index in [0.29, 0.717) is 16.7 Å². The van der Waals surface area contributed by atoms with E-state index < -0.39 is 0 Å². The van der Waals surface area contributed by atoms with Crippen LogP contribution in [0.4, 0.5) is 5.69 Å². The number of thioether (sulfide) groups is 2. The number of amides is 1. The molecule has 0 heterocycles. The average molecular weight is 498 g/mol. The average Bonchev–Trinajstić information content (AvgIpc) is 2.83. The molecule has 3 aromatic carbocycles. The van der Waals surface area contributed by atoms with Gasteiger partial charge in [0.15, 0.2) is 0 Å². The third-order valence-electron chi connectivity index (χ3n) is 5.31. The third kappa shape index (κ3) is 10.7. The van der Waals surface area contributed by atoms with Gasteiger partial charge >= 0.3 is 0 Å². The molecule has 1 unspecified atom stereocenters. The zero-order valence-corrected chi connectivity index (χ0v) is 21.3. The highest BCUT2D eigenvalue weighted by Gasteiger charge is 2.11. The second-order valence-corrected chi connectivity index (χ2v) is 10.9. The first-order valence-corrected chi connectivity index (χ1v) is 14.1. The van der Waals surface area contributed by atoms with E-state index in [1.807, 2.05) is 30.0 Å². The number of carbonyl (C=O) groups excluding carboxylic acids is 1. The van der Waals surface area contributed by atoms with Crippen molar-refractivity contribution in [1.82, 2.24) is 0 Å². The van der Waals surface area contributed by atoms with Gasteiger partial charge in [-0.05, 0) is 54.3 Å². The van der Waals surface area contributed by atoms with E-state index in [-0.39, 0.29) is 5.91 Å². The van der Waals surface area contributed by atoms with Crippen molar-refractivity contribution in [3.8, 4) is 0 Å². The monoisotopic (exact) mass is 497 g/mol. The molecule has 1 amide bonds. The molecule has 1 atom stereocenters. The number of halogens is 1. The van der Waals surface area contributed by atoms with Crippen LogP contribution in [-0.4, -0.2) is 16.9 Å². The maximum Gasteiger partial charge on any atom is 0.224 e. The Balaban J connectivity index is 1.39. The van der Waals surface area contributed by atoms with E-state index >= 15 is 0 Å². The topological polar surface area (TPSA) is 29.1 Å². The number of rotatable bonds is 14. The van der Waals surface area contributed by atoms with Crippen LogP contribution in [0.3, 0.4) is 0 Å². The first-order chi connectivity index (χ1) is 16.2. The maximum atomic E-state index is 12.3. The van der Waals surface area contributed by atoms with E-state index in [4.69, 9.17) is 11.6 Å². The number of hydrogen-bond donors (Lipinski definition) is 1. The van der Waals surface area contributed by atoms with Crippen LogP contribution >= 0.6 is 35.1 Å². The zero-order valence-electron chi connectivity index (χ0n) is 18.9. The zero-order chi connectivity index (χ0) is 23.1. The second kappa shape index (κ2) is 15.1. The molecule has 0 aliphatic heterocycles. The summed E-state index contributed by atoms with van der Waals surface area (Å²) in [5, 5.41) is 4.19. The van der Waals surface area contributed by atoms with Crippen LogP contribution in [0.25, 0.3) is 0 Å². The molecular formula is C28H32ClNOS2. The molecule has 0 fully saturated rings. The summed E-state index contributed by atoms with van der Waals surface area (Å²) in [5.74, 6) is 3.34. The highest BCUT2D eigenvalue weighted by atomic mass is 35.5. The molecule has 0 aromatic heterocycles. The molecular weight excluding hydrogens is 466 g/mol. The molecule has 3 aromatic rings. The lowest BCUT2D eigenvalue weighted by molar-refractivity contribution is -0.116. The molecule has 1 N–H and O–H groups in total. The fourth-order valence-corrected chi connectivity index (χ4v) is 6.13. The summed E-state index contributed by atoms with van der Waals surface area (Å²) in [5.41, 5.74) is 3.53. The van der Waals surface area contributed by atoms with Crippen molar-refractivity contribution < 1.29 is 4.79 Å². The standard InChI is InChI=1S/C28H32ClNOS2/c29-25-14-9-15-26(20-25)30-28(31)17-8-7-16-27(33-22-24-12-5-2-6-13-24)18-19-32-21-23-10-3-1-4-11-23/h1-6,9-15,20,27H,7-8,16-19,21-22H2,(H,30,31). The minimum atomic E-state index is 0.0594. The van der Waals surface area contributed by atoms with Crippen LogP contribution in [0.2, 0.25) is 5.02 Å². The molecule has 0 saturated carbocycles. The lowest BCUT2D eigenvalue weighted by Gasteiger charge is -2.17. The highest BCUT2D eigenvalue weighted by molar-refractivity contribution is 7.99. The quantitative estimate of drug-likeness (QED) is 0.226. The van der Waals surface area contributed by atoms with Crippen LogP contribution < -0.4 is 5.32 Å². The van der Waals surface area contributed by atoms with Gasteiger partial charge in [-0.1, -0.05) is 84.8 Å². The predicted molar refractivity (Wildman–Crippen MR) is 147 cm³/mol. The number of unbranched alkanes of at least 4 members (excludes halogenated alkanes) is 1. The summed E-state index contributed by atoms with van der Waals surface area (Å²) < 4.78 is 0. The number of nitrogens with one attached hydrogen (secondary N) is 1. The Labute approximate surface area is 211 Å². The number of hydrogen-bond acceptors (Lipinski definition) is 3. The smallest absolute Gasteiger partial charge is 0.224 e. The van der Waals surface area contributed by atoms with Gasteiger partial charge in [0.25, 0.3) is 0 Å². The van der Waals surface area contributed by atoms with Crippen LogP contribution in [0.15, 0.2) is 84.9 Å². The summed E-state index contributed by atoms with van der Waals surface area (Å²) in [6, 6.07) is 28.7. The van der Waals surface area contributed by atoms with E-state index in [1.165, 1.54) is 17.5 Å². The Bertz CT molecular complexity index is 952. The van der Waals surface area contributed by atoms with Crippen molar-refractivity contribution in [1.29, 1.82) is 0 Å². The molecule has 0 saturated heterocycles. The fourth-order valence-electron chi connectivity index (χ4n) is 3.53. The minimum absolute atomic E-state index is 0.0594. The van der Waals surface area contributed by atoms with E-state index in [2.05, 4.69) is 77.7 Å². The van der Waals surface area contributed by atoms with Crippen molar-refractivity contribution in [2.24, 2.45) is 0 Å². The van der Waals surface area contributed by atoms with Crippen LogP contribution in [0, 0.1) is 0 Å². The van der Waals surface area contributed by atoms with E-state index in [0.717, 1.165) is 42.2 Å². The summed E-state index contributed by atoms with van der Waals surface area (Å²) >= 11 is 10.1. The molecule has 5 heteroatoms. The molecule has 2 nitrogen and oxygen atoms in total.